The summed E-state index contributed by atoms with van der Waals surface area (Å²) in [5.41, 5.74) is 7.34. The number of carboxylic acids is 1. The van der Waals surface area contributed by atoms with Crippen molar-refractivity contribution in [2.45, 2.75) is 26.4 Å². The number of hydrogen-bond acceptors (Lipinski definition) is 4. The van der Waals surface area contributed by atoms with E-state index >= 15 is 0 Å². The zero-order chi connectivity index (χ0) is 14.7. The first kappa shape index (κ1) is 14.4. The molecule has 5 heteroatoms. The molecule has 0 bridgehead atoms. The van der Waals surface area contributed by atoms with Crippen LogP contribution in [0, 0.1) is 0 Å². The summed E-state index contributed by atoms with van der Waals surface area (Å²) < 4.78 is 0. The molecule has 1 aromatic carbocycles. The molecule has 1 heterocycles. The summed E-state index contributed by atoms with van der Waals surface area (Å²) in [4.78, 5) is 14.7. The van der Waals surface area contributed by atoms with Crippen LogP contribution in [0.15, 0.2) is 35.7 Å². The summed E-state index contributed by atoms with van der Waals surface area (Å²) in [6.45, 7) is 4.77. The van der Waals surface area contributed by atoms with Gasteiger partial charge in [0.15, 0.2) is 0 Å². The highest BCUT2D eigenvalue weighted by Crippen LogP contribution is 2.28. The van der Waals surface area contributed by atoms with Gasteiger partial charge in [-0.1, -0.05) is 6.07 Å². The van der Waals surface area contributed by atoms with E-state index in [-0.39, 0.29) is 11.6 Å². The molecule has 0 saturated carbocycles. The summed E-state index contributed by atoms with van der Waals surface area (Å²) >= 11 is 1.66. The molecular weight excluding hydrogens is 272 g/mol. The van der Waals surface area contributed by atoms with Crippen molar-refractivity contribution in [3.05, 3.63) is 46.2 Å². The molecule has 0 fully saturated rings. The lowest BCUT2D eigenvalue weighted by atomic mass is 10.1. The Morgan fingerprint density at radius 2 is 2.15 bits per heavy atom. The zero-order valence-corrected chi connectivity index (χ0v) is 12.4. The molecule has 3 N–H and O–H groups in total. The monoisotopic (exact) mass is 290 g/mol. The minimum atomic E-state index is -0.933. The van der Waals surface area contributed by atoms with Crippen LogP contribution in [0.3, 0.4) is 0 Å². The molecule has 0 atom stereocenters. The van der Waals surface area contributed by atoms with Gasteiger partial charge in [-0.2, -0.15) is 0 Å². The van der Waals surface area contributed by atoms with E-state index in [0.29, 0.717) is 17.9 Å². The molecule has 106 valence electrons. The minimum absolute atomic E-state index is 0.178. The molecule has 0 aliphatic rings. The first-order valence-corrected chi connectivity index (χ1v) is 7.29. The number of nitrogen functional groups attached to an aromatic ring is 1. The number of aromatic carboxylic acids is 1. The Bertz CT molecular complexity index is 594. The first-order chi connectivity index (χ1) is 9.49. The van der Waals surface area contributed by atoms with Gasteiger partial charge >= 0.3 is 5.97 Å². The quantitative estimate of drug-likeness (QED) is 0.828. The lowest BCUT2D eigenvalue weighted by Gasteiger charge is -2.30. The Labute approximate surface area is 122 Å². The van der Waals surface area contributed by atoms with E-state index in [1.54, 1.807) is 29.5 Å². The average Bonchev–Trinajstić information content (AvgIpc) is 2.87. The number of nitrogens with zero attached hydrogens (tertiary/aromatic N) is 1. The van der Waals surface area contributed by atoms with Crippen LogP contribution in [0.25, 0.3) is 0 Å². The van der Waals surface area contributed by atoms with E-state index < -0.39 is 5.97 Å². The summed E-state index contributed by atoms with van der Waals surface area (Å²) in [7, 11) is 0. The molecule has 2 rings (SSSR count). The van der Waals surface area contributed by atoms with Crippen LogP contribution in [-0.4, -0.2) is 17.1 Å². The van der Waals surface area contributed by atoms with Crippen molar-refractivity contribution in [1.82, 2.24) is 0 Å². The molecule has 1 aromatic heterocycles. The van der Waals surface area contributed by atoms with Gasteiger partial charge in [-0.3, -0.25) is 0 Å². The van der Waals surface area contributed by atoms with Crippen molar-refractivity contribution in [3.63, 3.8) is 0 Å². The largest absolute Gasteiger partial charge is 0.478 e. The number of hydrogen-bond donors (Lipinski definition) is 2. The van der Waals surface area contributed by atoms with Gasteiger partial charge in [0, 0.05) is 16.6 Å². The Balaban J connectivity index is 2.43. The highest BCUT2D eigenvalue weighted by molar-refractivity contribution is 7.09. The highest BCUT2D eigenvalue weighted by atomic mass is 32.1. The maximum absolute atomic E-state index is 11.4. The van der Waals surface area contributed by atoms with Crippen LogP contribution < -0.4 is 10.6 Å². The van der Waals surface area contributed by atoms with Crippen molar-refractivity contribution in [2.75, 3.05) is 10.6 Å². The molecular formula is C15H18N2O2S. The number of rotatable bonds is 5. The van der Waals surface area contributed by atoms with Crippen molar-refractivity contribution in [1.29, 1.82) is 0 Å². The fraction of sp³-hybridized carbons (Fsp3) is 0.267. The predicted octanol–water partition coefficient (Wildman–Crippen LogP) is 3.44. The van der Waals surface area contributed by atoms with Gasteiger partial charge in [0.25, 0.3) is 0 Å². The molecule has 0 saturated heterocycles. The zero-order valence-electron chi connectivity index (χ0n) is 11.5. The maximum Gasteiger partial charge on any atom is 0.337 e. The van der Waals surface area contributed by atoms with E-state index in [9.17, 15) is 9.90 Å². The second kappa shape index (κ2) is 5.96. The molecule has 0 aliphatic heterocycles. The number of thiophene rings is 1. The Hall–Kier alpha value is -2.01. The smallest absolute Gasteiger partial charge is 0.337 e. The van der Waals surface area contributed by atoms with Gasteiger partial charge in [-0.25, -0.2) is 4.79 Å². The fourth-order valence-electron chi connectivity index (χ4n) is 2.08. The van der Waals surface area contributed by atoms with Gasteiger partial charge in [0.05, 0.1) is 17.8 Å². The SMILES string of the molecule is CC(C)N(Cc1cccs1)c1cc(N)ccc1C(=O)O. The standard InChI is InChI=1S/C15H18N2O2S/c1-10(2)17(9-12-4-3-7-20-12)14-8-11(16)5-6-13(14)15(18)19/h3-8,10H,9,16H2,1-2H3,(H,18,19). The molecule has 4 nitrogen and oxygen atoms in total. The van der Waals surface area contributed by atoms with Gasteiger partial charge in [0.1, 0.15) is 0 Å². The van der Waals surface area contributed by atoms with Crippen molar-refractivity contribution < 1.29 is 9.90 Å². The highest BCUT2D eigenvalue weighted by Gasteiger charge is 2.19. The normalized spacial score (nSPS) is 10.8. The third-order valence-corrected chi connectivity index (χ3v) is 3.95. The maximum atomic E-state index is 11.4. The summed E-state index contributed by atoms with van der Waals surface area (Å²) in [5, 5.41) is 11.4. The number of benzene rings is 1. The van der Waals surface area contributed by atoms with Crippen LogP contribution in [0.5, 0.6) is 0 Å². The molecule has 0 unspecified atom stereocenters. The number of anilines is 2. The van der Waals surface area contributed by atoms with Crippen LogP contribution in [0.1, 0.15) is 29.1 Å². The fourth-order valence-corrected chi connectivity index (χ4v) is 2.79. The molecule has 2 aromatic rings. The summed E-state index contributed by atoms with van der Waals surface area (Å²) in [6, 6.07) is 9.14. The predicted molar refractivity (Wildman–Crippen MR) is 83.5 cm³/mol. The van der Waals surface area contributed by atoms with Crippen LogP contribution in [0.2, 0.25) is 0 Å². The Morgan fingerprint density at radius 3 is 2.70 bits per heavy atom. The topological polar surface area (TPSA) is 66.6 Å². The van der Waals surface area contributed by atoms with Crippen LogP contribution in [0.4, 0.5) is 11.4 Å². The van der Waals surface area contributed by atoms with Gasteiger partial charge in [-0.05, 0) is 43.5 Å². The molecule has 0 spiro atoms. The van der Waals surface area contributed by atoms with Crippen LogP contribution in [-0.2, 0) is 6.54 Å². The van der Waals surface area contributed by atoms with Crippen molar-refractivity contribution >= 4 is 28.7 Å². The van der Waals surface area contributed by atoms with E-state index in [4.69, 9.17) is 5.73 Å². The molecule has 0 amide bonds. The number of carboxylic acid groups (broad SMARTS) is 1. The molecule has 0 aliphatic carbocycles. The molecule has 0 radical (unpaired) electrons. The average molecular weight is 290 g/mol. The Kier molecular flexibility index (Phi) is 4.29. The summed E-state index contributed by atoms with van der Waals surface area (Å²) in [6.07, 6.45) is 0. The van der Waals surface area contributed by atoms with Gasteiger partial charge < -0.3 is 15.7 Å². The lowest BCUT2D eigenvalue weighted by Crippen LogP contribution is -2.31. The first-order valence-electron chi connectivity index (χ1n) is 6.41. The van der Waals surface area contributed by atoms with E-state index in [1.165, 1.54) is 4.88 Å². The van der Waals surface area contributed by atoms with E-state index in [0.717, 1.165) is 0 Å². The molecule has 20 heavy (non-hydrogen) atoms. The summed E-state index contributed by atoms with van der Waals surface area (Å²) in [5.74, 6) is -0.933. The van der Waals surface area contributed by atoms with E-state index in [2.05, 4.69) is 4.90 Å². The minimum Gasteiger partial charge on any atom is -0.478 e. The lowest BCUT2D eigenvalue weighted by molar-refractivity contribution is 0.0697. The van der Waals surface area contributed by atoms with Crippen molar-refractivity contribution in [3.8, 4) is 0 Å². The third kappa shape index (κ3) is 3.11. The van der Waals surface area contributed by atoms with Crippen molar-refractivity contribution in [2.24, 2.45) is 0 Å². The third-order valence-electron chi connectivity index (χ3n) is 3.09. The van der Waals surface area contributed by atoms with E-state index in [1.807, 2.05) is 31.4 Å². The second-order valence-corrected chi connectivity index (χ2v) is 5.91. The van der Waals surface area contributed by atoms with Gasteiger partial charge in [0.2, 0.25) is 0 Å². The Morgan fingerprint density at radius 1 is 1.40 bits per heavy atom. The van der Waals surface area contributed by atoms with Crippen LogP contribution >= 0.6 is 11.3 Å². The number of nitrogens with two attached hydrogens (primary N) is 1. The number of carbonyl (C=O) groups is 1. The second-order valence-electron chi connectivity index (χ2n) is 4.88. The van der Waals surface area contributed by atoms with Gasteiger partial charge in [-0.15, -0.1) is 11.3 Å².